The molecule has 3 N–H and O–H groups in total. The van der Waals surface area contributed by atoms with Gasteiger partial charge in [-0.2, -0.15) is 0 Å². The highest BCUT2D eigenvalue weighted by Gasteiger charge is 2.27. The van der Waals surface area contributed by atoms with Crippen LogP contribution in [0.15, 0.2) is 89.6 Å². The van der Waals surface area contributed by atoms with Gasteiger partial charge in [0.2, 0.25) is 0 Å². The van der Waals surface area contributed by atoms with Crippen LogP contribution in [-0.2, 0) is 9.68 Å². The van der Waals surface area contributed by atoms with Crippen molar-refractivity contribution in [2.45, 2.75) is 5.25 Å². The van der Waals surface area contributed by atoms with Crippen LogP contribution in [0.5, 0.6) is 5.75 Å². The van der Waals surface area contributed by atoms with Gasteiger partial charge in [-0.05, 0) is 69.2 Å². The minimum atomic E-state index is -0.997. The topological polar surface area (TPSA) is 96.2 Å². The van der Waals surface area contributed by atoms with E-state index in [0.29, 0.717) is 11.5 Å². The molecule has 156 valence electrons. The van der Waals surface area contributed by atoms with Gasteiger partial charge >= 0.3 is 5.97 Å². The summed E-state index contributed by atoms with van der Waals surface area (Å²) in [5.41, 5.74) is 5.77. The SMILES string of the molecule is O=C(O)C=Cc1ccc(C2=C3C=CC(OO)=CC3SC=C2c2ccc(OO)cc2)cc1. The molecular weight excluding hydrogens is 416 g/mol. The Kier molecular flexibility index (Phi) is 6.08. The molecule has 0 saturated heterocycles. The average molecular weight is 434 g/mol. The van der Waals surface area contributed by atoms with Crippen molar-refractivity contribution in [3.8, 4) is 5.75 Å². The van der Waals surface area contributed by atoms with E-state index in [1.165, 1.54) is 0 Å². The summed E-state index contributed by atoms with van der Waals surface area (Å²) in [6.45, 7) is 0. The number of hydrogen-bond donors (Lipinski definition) is 3. The molecule has 0 bridgehead atoms. The van der Waals surface area contributed by atoms with E-state index in [1.54, 1.807) is 36.0 Å². The normalized spacial score (nSPS) is 17.8. The number of benzene rings is 2. The van der Waals surface area contributed by atoms with Gasteiger partial charge in [0.05, 0.1) is 5.25 Å². The molecule has 0 spiro atoms. The molecule has 0 amide bonds. The molecule has 0 saturated carbocycles. The first-order valence-corrected chi connectivity index (χ1v) is 10.3. The third-order valence-corrected chi connectivity index (χ3v) is 5.99. The summed E-state index contributed by atoms with van der Waals surface area (Å²) in [5.74, 6) is -0.265. The molecule has 7 heteroatoms. The molecule has 31 heavy (non-hydrogen) atoms. The number of hydrogen-bond acceptors (Lipinski definition) is 6. The summed E-state index contributed by atoms with van der Waals surface area (Å²) in [7, 11) is 0. The van der Waals surface area contributed by atoms with Gasteiger partial charge in [-0.15, -0.1) is 11.8 Å². The van der Waals surface area contributed by atoms with E-state index in [-0.39, 0.29) is 5.25 Å². The minimum absolute atomic E-state index is 0.0301. The van der Waals surface area contributed by atoms with Gasteiger partial charge in [0.15, 0.2) is 11.5 Å². The van der Waals surface area contributed by atoms with Crippen LogP contribution in [0, 0.1) is 0 Å². The summed E-state index contributed by atoms with van der Waals surface area (Å²) < 4.78 is 0. The number of carboxylic acid groups (broad SMARTS) is 1. The molecule has 0 fully saturated rings. The average Bonchev–Trinajstić information content (AvgIpc) is 2.82. The van der Waals surface area contributed by atoms with Crippen molar-refractivity contribution < 1.29 is 30.2 Å². The maximum absolute atomic E-state index is 10.8. The van der Waals surface area contributed by atoms with E-state index < -0.39 is 5.97 Å². The van der Waals surface area contributed by atoms with Gasteiger partial charge in [-0.25, -0.2) is 15.3 Å². The maximum atomic E-state index is 10.8. The molecule has 2 aliphatic rings. The number of rotatable bonds is 6. The monoisotopic (exact) mass is 434 g/mol. The zero-order valence-electron chi connectivity index (χ0n) is 16.1. The zero-order chi connectivity index (χ0) is 21.8. The van der Waals surface area contributed by atoms with Gasteiger partial charge in [-0.1, -0.05) is 42.5 Å². The number of thioether (sulfide) groups is 1. The van der Waals surface area contributed by atoms with E-state index in [0.717, 1.165) is 39.5 Å². The van der Waals surface area contributed by atoms with Crippen LogP contribution in [0.1, 0.15) is 16.7 Å². The Balaban J connectivity index is 1.78. The lowest BCUT2D eigenvalue weighted by molar-refractivity contribution is -0.198. The van der Waals surface area contributed by atoms with Crippen molar-refractivity contribution >= 4 is 35.0 Å². The van der Waals surface area contributed by atoms with E-state index in [2.05, 4.69) is 15.2 Å². The van der Waals surface area contributed by atoms with Crippen LogP contribution in [0.4, 0.5) is 0 Å². The first-order valence-electron chi connectivity index (χ1n) is 9.34. The molecule has 0 radical (unpaired) electrons. The molecule has 0 aromatic heterocycles. The van der Waals surface area contributed by atoms with Gasteiger partial charge in [0, 0.05) is 6.08 Å². The van der Waals surface area contributed by atoms with Gasteiger partial charge in [0.25, 0.3) is 0 Å². The Morgan fingerprint density at radius 3 is 2.29 bits per heavy atom. The largest absolute Gasteiger partial charge is 0.478 e. The van der Waals surface area contributed by atoms with Crippen LogP contribution in [0.3, 0.4) is 0 Å². The number of fused-ring (bicyclic) bond motifs is 1. The van der Waals surface area contributed by atoms with Crippen LogP contribution in [0.25, 0.3) is 17.2 Å². The molecule has 1 heterocycles. The van der Waals surface area contributed by atoms with Crippen molar-refractivity contribution in [2.24, 2.45) is 0 Å². The lowest BCUT2D eigenvalue weighted by Gasteiger charge is -2.28. The van der Waals surface area contributed by atoms with Crippen molar-refractivity contribution in [3.63, 3.8) is 0 Å². The molecule has 2 aromatic carbocycles. The van der Waals surface area contributed by atoms with Crippen LogP contribution in [-0.4, -0.2) is 26.8 Å². The lowest BCUT2D eigenvalue weighted by atomic mass is 9.86. The molecule has 4 rings (SSSR count). The predicted octanol–water partition coefficient (Wildman–Crippen LogP) is 5.49. The van der Waals surface area contributed by atoms with E-state index >= 15 is 0 Å². The first-order chi connectivity index (χ1) is 15.1. The highest BCUT2D eigenvalue weighted by atomic mass is 32.2. The summed E-state index contributed by atoms with van der Waals surface area (Å²) in [6.07, 6.45) is 8.13. The Bertz CT molecular complexity index is 1140. The second-order valence-corrected chi connectivity index (χ2v) is 7.84. The van der Waals surface area contributed by atoms with Gasteiger partial charge < -0.3 is 14.9 Å². The number of carbonyl (C=O) groups is 1. The Morgan fingerprint density at radius 2 is 1.65 bits per heavy atom. The molecule has 1 aliphatic heterocycles. The fraction of sp³-hybridized carbons (Fsp3) is 0.0417. The van der Waals surface area contributed by atoms with E-state index in [4.69, 9.17) is 15.6 Å². The number of allylic oxidation sites excluding steroid dienone is 4. The Morgan fingerprint density at radius 1 is 0.935 bits per heavy atom. The lowest BCUT2D eigenvalue weighted by Crippen LogP contribution is -2.13. The summed E-state index contributed by atoms with van der Waals surface area (Å²) in [4.78, 5) is 19.5. The first kappa shape index (κ1) is 20.7. The van der Waals surface area contributed by atoms with Crippen molar-refractivity contribution in [3.05, 3.63) is 106 Å². The number of carboxylic acids is 1. The summed E-state index contributed by atoms with van der Waals surface area (Å²) >= 11 is 1.60. The summed E-state index contributed by atoms with van der Waals surface area (Å²) in [6, 6.07) is 14.7. The fourth-order valence-corrected chi connectivity index (χ4v) is 4.57. The third kappa shape index (κ3) is 4.49. The molecule has 1 unspecified atom stereocenters. The van der Waals surface area contributed by atoms with Crippen LogP contribution >= 0.6 is 11.8 Å². The van der Waals surface area contributed by atoms with Crippen LogP contribution in [0.2, 0.25) is 0 Å². The Labute approximate surface area is 182 Å². The predicted molar refractivity (Wildman–Crippen MR) is 120 cm³/mol. The smallest absolute Gasteiger partial charge is 0.328 e. The fourth-order valence-electron chi connectivity index (χ4n) is 3.47. The standard InChI is InChI=1S/C24H18O6S/c25-23(26)12-3-15-1-4-17(5-2-15)24-20-11-10-19(30-28)13-22(20)31-14-21(24)16-6-8-18(29-27)9-7-16/h1-14,22,27-28H,(H,25,26). The minimum Gasteiger partial charge on any atom is -0.478 e. The van der Waals surface area contributed by atoms with E-state index in [1.807, 2.05) is 48.6 Å². The highest BCUT2D eigenvalue weighted by Crippen LogP contribution is 2.46. The van der Waals surface area contributed by atoms with Gasteiger partial charge in [-0.3, -0.25) is 0 Å². The van der Waals surface area contributed by atoms with Crippen molar-refractivity contribution in [1.82, 2.24) is 0 Å². The second-order valence-electron chi connectivity index (χ2n) is 6.82. The summed E-state index contributed by atoms with van der Waals surface area (Å²) in [5, 5.41) is 28.7. The quantitative estimate of drug-likeness (QED) is 0.314. The Hall–Kier alpha value is -3.52. The molecule has 6 nitrogen and oxygen atoms in total. The van der Waals surface area contributed by atoms with E-state index in [9.17, 15) is 4.79 Å². The zero-order valence-corrected chi connectivity index (χ0v) is 17.0. The van der Waals surface area contributed by atoms with Crippen LogP contribution < -0.4 is 4.89 Å². The van der Waals surface area contributed by atoms with Gasteiger partial charge in [0.1, 0.15) is 0 Å². The maximum Gasteiger partial charge on any atom is 0.328 e. The molecule has 2 aromatic rings. The number of aliphatic carboxylic acids is 1. The second kappa shape index (κ2) is 9.09. The molecular formula is C24H18O6S. The van der Waals surface area contributed by atoms with Crippen molar-refractivity contribution in [1.29, 1.82) is 0 Å². The highest BCUT2D eigenvalue weighted by molar-refractivity contribution is 8.03. The molecule has 1 atom stereocenters. The molecule has 1 aliphatic carbocycles. The third-order valence-electron chi connectivity index (χ3n) is 4.93. The van der Waals surface area contributed by atoms with Crippen molar-refractivity contribution in [2.75, 3.05) is 0 Å².